The number of hydrogen-bond acceptors (Lipinski definition) is 8. The summed E-state index contributed by atoms with van der Waals surface area (Å²) in [5.41, 5.74) is 0.432. The number of fused-ring (bicyclic) bond motifs is 2. The fraction of sp³-hybridized carbons (Fsp3) is 0.182. The van der Waals surface area contributed by atoms with Crippen molar-refractivity contribution in [2.45, 2.75) is 18.9 Å². The maximum absolute atomic E-state index is 14.3. The second-order valence-corrected chi connectivity index (χ2v) is 7.66. The second-order valence-electron chi connectivity index (χ2n) is 7.66. The van der Waals surface area contributed by atoms with E-state index in [1.54, 1.807) is 6.07 Å². The van der Waals surface area contributed by atoms with Gasteiger partial charge in [-0.2, -0.15) is 0 Å². The molecule has 0 unspecified atom stereocenters. The highest BCUT2D eigenvalue weighted by molar-refractivity contribution is 5.93. The Bertz CT molecular complexity index is 1550. The van der Waals surface area contributed by atoms with Crippen molar-refractivity contribution in [1.29, 1.82) is 0 Å². The summed E-state index contributed by atoms with van der Waals surface area (Å²) in [6.07, 6.45) is 1.49. The van der Waals surface area contributed by atoms with Crippen molar-refractivity contribution in [3.8, 4) is 11.7 Å². The van der Waals surface area contributed by atoms with Crippen LogP contribution in [-0.2, 0) is 6.42 Å². The largest absolute Gasteiger partial charge is 0.435 e. The molecule has 1 N–H and O–H groups in total. The molecule has 1 aliphatic rings. The van der Waals surface area contributed by atoms with Crippen molar-refractivity contribution in [1.82, 2.24) is 34.8 Å². The first-order valence-electron chi connectivity index (χ1n) is 10.5. The number of halogens is 3. The molecule has 0 bridgehead atoms. The fourth-order valence-electron chi connectivity index (χ4n) is 4.06. The fourth-order valence-corrected chi connectivity index (χ4v) is 4.06. The van der Waals surface area contributed by atoms with Crippen LogP contribution >= 0.6 is 0 Å². The molecule has 0 fully saturated rings. The van der Waals surface area contributed by atoms with Crippen LogP contribution in [0.4, 0.5) is 13.2 Å². The summed E-state index contributed by atoms with van der Waals surface area (Å²) in [5.74, 6) is -2.55. The Morgan fingerprint density at radius 3 is 2.71 bits per heavy atom. The molecule has 1 aromatic carbocycles. The van der Waals surface area contributed by atoms with Gasteiger partial charge in [-0.05, 0) is 18.2 Å². The molecule has 0 saturated carbocycles. The van der Waals surface area contributed by atoms with Gasteiger partial charge in [-0.25, -0.2) is 38.1 Å². The number of aromatic amines is 1. The Labute approximate surface area is 193 Å². The highest BCUT2D eigenvalue weighted by atomic mass is 19.3. The monoisotopic (exact) mass is 481 g/mol. The van der Waals surface area contributed by atoms with Gasteiger partial charge < -0.3 is 18.7 Å². The second kappa shape index (κ2) is 8.04. The molecule has 0 aliphatic carbocycles. The molecule has 5 heterocycles. The van der Waals surface area contributed by atoms with Gasteiger partial charge in [0, 0.05) is 31.1 Å². The van der Waals surface area contributed by atoms with Crippen LogP contribution < -0.4 is 0 Å². The molecule has 13 heteroatoms. The minimum atomic E-state index is -3.10. The number of nitrogens with zero attached hydrogens (tertiary/aromatic N) is 6. The van der Waals surface area contributed by atoms with Crippen LogP contribution in [0.2, 0.25) is 0 Å². The molecular formula is C22H14F3N7O3. The zero-order valence-electron chi connectivity index (χ0n) is 17.7. The molecule has 35 heavy (non-hydrogen) atoms. The molecule has 5 aromatic rings. The third-order valence-electron chi connectivity index (χ3n) is 5.61. The van der Waals surface area contributed by atoms with Crippen LogP contribution in [0.25, 0.3) is 22.8 Å². The Morgan fingerprint density at radius 1 is 1.11 bits per heavy atom. The van der Waals surface area contributed by atoms with E-state index >= 15 is 0 Å². The van der Waals surface area contributed by atoms with Gasteiger partial charge in [0.25, 0.3) is 18.2 Å². The lowest BCUT2D eigenvalue weighted by Gasteiger charge is -2.32. The van der Waals surface area contributed by atoms with Gasteiger partial charge in [0.15, 0.2) is 23.1 Å². The van der Waals surface area contributed by atoms with Crippen LogP contribution in [0.1, 0.15) is 46.0 Å². The number of aromatic nitrogens is 6. The summed E-state index contributed by atoms with van der Waals surface area (Å²) in [4.78, 5) is 38.1. The number of H-pyrrole nitrogens is 1. The summed E-state index contributed by atoms with van der Waals surface area (Å²) < 4.78 is 53.1. The van der Waals surface area contributed by atoms with E-state index in [2.05, 4.69) is 29.9 Å². The number of benzene rings is 1. The van der Waals surface area contributed by atoms with E-state index in [1.807, 2.05) is 0 Å². The van der Waals surface area contributed by atoms with Gasteiger partial charge in [0.2, 0.25) is 17.5 Å². The van der Waals surface area contributed by atoms with E-state index in [9.17, 15) is 18.0 Å². The van der Waals surface area contributed by atoms with Crippen LogP contribution in [0.15, 0.2) is 51.8 Å². The van der Waals surface area contributed by atoms with Gasteiger partial charge in [0.1, 0.15) is 5.52 Å². The SMILES string of the molecule is O=C(c1oc(-c2ncccn2)nc1C(F)F)N1CCc2[nH]cnc2[C@H]1c1nc2cccc(F)c2o1. The van der Waals surface area contributed by atoms with Crippen molar-refractivity contribution in [3.05, 3.63) is 77.5 Å². The molecule has 10 nitrogen and oxygen atoms in total. The topological polar surface area (TPSA) is 127 Å². The number of nitrogens with one attached hydrogen (secondary N) is 1. The van der Waals surface area contributed by atoms with Gasteiger partial charge in [-0.15, -0.1) is 0 Å². The molecular weight excluding hydrogens is 467 g/mol. The van der Waals surface area contributed by atoms with Crippen LogP contribution in [-0.4, -0.2) is 47.3 Å². The molecule has 0 spiro atoms. The summed E-state index contributed by atoms with van der Waals surface area (Å²) in [6.45, 7) is 0.0977. The van der Waals surface area contributed by atoms with Crippen molar-refractivity contribution in [2.75, 3.05) is 6.54 Å². The lowest BCUT2D eigenvalue weighted by atomic mass is 10.0. The number of carbonyl (C=O) groups excluding carboxylic acids is 1. The van der Waals surface area contributed by atoms with E-state index in [0.717, 1.165) is 0 Å². The van der Waals surface area contributed by atoms with E-state index in [4.69, 9.17) is 8.83 Å². The van der Waals surface area contributed by atoms with Crippen molar-refractivity contribution in [3.63, 3.8) is 0 Å². The first-order chi connectivity index (χ1) is 17.0. The van der Waals surface area contributed by atoms with E-state index in [-0.39, 0.29) is 35.3 Å². The molecule has 6 rings (SSSR count). The predicted molar refractivity (Wildman–Crippen MR) is 112 cm³/mol. The number of para-hydroxylation sites is 1. The average molecular weight is 481 g/mol. The molecule has 1 aliphatic heterocycles. The lowest BCUT2D eigenvalue weighted by molar-refractivity contribution is 0.0621. The molecule has 176 valence electrons. The summed E-state index contributed by atoms with van der Waals surface area (Å²) >= 11 is 0. The zero-order valence-corrected chi connectivity index (χ0v) is 17.7. The average Bonchev–Trinajstić information content (AvgIpc) is 3.61. The summed E-state index contributed by atoms with van der Waals surface area (Å²) in [7, 11) is 0. The third-order valence-corrected chi connectivity index (χ3v) is 5.61. The molecule has 0 saturated heterocycles. The number of hydrogen-bond donors (Lipinski definition) is 1. The van der Waals surface area contributed by atoms with E-state index in [0.29, 0.717) is 17.8 Å². The normalized spacial score (nSPS) is 15.7. The first-order valence-corrected chi connectivity index (χ1v) is 10.5. The van der Waals surface area contributed by atoms with Crippen molar-refractivity contribution < 1.29 is 26.8 Å². The molecule has 4 aromatic heterocycles. The minimum absolute atomic E-state index is 0.0174. The standard InChI is InChI=1S/C22H14F3N7O3/c23-10-3-1-4-12-16(10)34-20(30-12)15-13-11(28-9-29-13)5-8-32(15)22(33)17-14(18(24)25)31-21(35-17)19-26-6-2-7-27-19/h1-4,6-7,9,15,18H,5,8H2,(H,28,29)/t15-/m0/s1. The summed E-state index contributed by atoms with van der Waals surface area (Å²) in [5, 5.41) is 0. The molecule has 1 atom stereocenters. The number of carbonyl (C=O) groups is 1. The number of alkyl halides is 2. The van der Waals surface area contributed by atoms with Crippen molar-refractivity contribution >= 4 is 17.0 Å². The highest BCUT2D eigenvalue weighted by Crippen LogP contribution is 2.37. The first kappa shape index (κ1) is 21.0. The maximum atomic E-state index is 14.3. The van der Waals surface area contributed by atoms with Crippen LogP contribution in [0, 0.1) is 5.82 Å². The van der Waals surface area contributed by atoms with Gasteiger partial charge in [-0.3, -0.25) is 4.79 Å². The van der Waals surface area contributed by atoms with Crippen LogP contribution in [0.3, 0.4) is 0 Å². The maximum Gasteiger partial charge on any atom is 0.292 e. The lowest BCUT2D eigenvalue weighted by Crippen LogP contribution is -2.41. The Morgan fingerprint density at radius 2 is 1.94 bits per heavy atom. The quantitative estimate of drug-likeness (QED) is 0.410. The number of rotatable bonds is 4. The predicted octanol–water partition coefficient (Wildman–Crippen LogP) is 3.86. The van der Waals surface area contributed by atoms with Crippen LogP contribution in [0.5, 0.6) is 0 Å². The van der Waals surface area contributed by atoms with E-state index < -0.39 is 35.6 Å². The van der Waals surface area contributed by atoms with Gasteiger partial charge >= 0.3 is 0 Å². The highest BCUT2D eigenvalue weighted by Gasteiger charge is 2.41. The molecule has 0 radical (unpaired) electrons. The van der Waals surface area contributed by atoms with Crippen molar-refractivity contribution in [2.24, 2.45) is 0 Å². The smallest absolute Gasteiger partial charge is 0.292 e. The Hall–Kier alpha value is -4.55. The van der Waals surface area contributed by atoms with E-state index in [1.165, 1.54) is 41.8 Å². The van der Waals surface area contributed by atoms with Gasteiger partial charge in [-0.1, -0.05) is 6.07 Å². The number of oxazole rings is 2. The third kappa shape index (κ3) is 3.43. The Kier molecular flexibility index (Phi) is 4.83. The number of amides is 1. The minimum Gasteiger partial charge on any atom is -0.435 e. The Balaban J connectivity index is 1.46. The van der Waals surface area contributed by atoms with Gasteiger partial charge in [0.05, 0.1) is 12.0 Å². The molecule has 1 amide bonds. The summed E-state index contributed by atoms with van der Waals surface area (Å²) in [6, 6.07) is 4.78. The number of imidazole rings is 1. The zero-order chi connectivity index (χ0) is 24.1.